The topological polar surface area (TPSA) is 127 Å². The highest BCUT2D eigenvalue weighted by Crippen LogP contribution is 2.44. The molecule has 1 fully saturated rings. The predicted molar refractivity (Wildman–Crippen MR) is 160 cm³/mol. The maximum atomic E-state index is 14.3. The second kappa shape index (κ2) is 12.3. The van der Waals surface area contributed by atoms with E-state index >= 15 is 0 Å². The number of ether oxygens (including phenoxy) is 2. The number of hydrogen-bond donors (Lipinski definition) is 1. The highest BCUT2D eigenvalue weighted by molar-refractivity contribution is 5.98. The van der Waals surface area contributed by atoms with Crippen LogP contribution in [-0.4, -0.2) is 67.9 Å². The van der Waals surface area contributed by atoms with E-state index < -0.39 is 23.8 Å². The Morgan fingerprint density at radius 3 is 2.52 bits per heavy atom. The van der Waals surface area contributed by atoms with E-state index in [1.54, 1.807) is 21.6 Å². The van der Waals surface area contributed by atoms with Gasteiger partial charge in [0.1, 0.15) is 23.8 Å². The van der Waals surface area contributed by atoms with E-state index in [-0.39, 0.29) is 31.0 Å². The van der Waals surface area contributed by atoms with Gasteiger partial charge in [0, 0.05) is 42.4 Å². The van der Waals surface area contributed by atoms with Crippen molar-refractivity contribution in [2.75, 3.05) is 20.2 Å². The lowest BCUT2D eigenvalue weighted by Crippen LogP contribution is -2.50. The van der Waals surface area contributed by atoms with E-state index in [0.29, 0.717) is 55.1 Å². The minimum absolute atomic E-state index is 0.0862. The molecule has 2 aromatic carbocycles. The Hall–Kier alpha value is -4.41. The number of benzene rings is 2. The summed E-state index contributed by atoms with van der Waals surface area (Å²) in [7, 11) is 1.62. The number of aliphatic carboxylic acids is 1. The Labute approximate surface area is 256 Å². The molecule has 1 aliphatic carbocycles. The molecule has 3 aromatic rings. The minimum Gasteiger partial charge on any atom is -0.496 e. The highest BCUT2D eigenvalue weighted by Gasteiger charge is 2.44. The number of nitrogens with zero attached hydrogens (tertiary/aromatic N) is 5. The van der Waals surface area contributed by atoms with E-state index in [1.807, 2.05) is 56.4 Å². The number of aromatic nitrogens is 3. The van der Waals surface area contributed by atoms with Crippen LogP contribution < -0.4 is 9.47 Å². The van der Waals surface area contributed by atoms with E-state index in [0.717, 1.165) is 29.5 Å². The van der Waals surface area contributed by atoms with Crippen LogP contribution in [0.1, 0.15) is 84.4 Å². The molecule has 0 radical (unpaired) electrons. The fraction of sp³-hybridized carbons (Fsp3) is 0.485. The van der Waals surface area contributed by atoms with Crippen molar-refractivity contribution in [3.8, 4) is 11.5 Å². The molecule has 0 saturated heterocycles. The standard InChI is InChI=1S/C33H39N5O6/c1-20(2)38-17-22(34-35-38)19-44-29-13-12-28(43-3)26-14-15-37(32(40)24-10-6-7-11-25(24)33(41)42)27(30(26)29)18-36-16-21-8-4-5-9-23(21)31(36)39/h4-5,8-9,12-13,17,20,24-25,27H,6-7,10-11,14-16,18-19H2,1-3H3,(H,41,42)/t24?,25?,27-/m1/s1. The first kappa shape index (κ1) is 29.7. The fourth-order valence-corrected chi connectivity index (χ4v) is 6.95. The monoisotopic (exact) mass is 601 g/mol. The molecule has 1 aromatic heterocycles. The van der Waals surface area contributed by atoms with Crippen LogP contribution in [0.2, 0.25) is 0 Å². The van der Waals surface area contributed by atoms with Crippen molar-refractivity contribution in [1.82, 2.24) is 24.8 Å². The van der Waals surface area contributed by atoms with Gasteiger partial charge in [-0.05, 0) is 56.9 Å². The van der Waals surface area contributed by atoms with E-state index in [1.165, 1.54) is 0 Å². The van der Waals surface area contributed by atoms with Crippen molar-refractivity contribution in [3.05, 3.63) is 70.5 Å². The van der Waals surface area contributed by atoms with Crippen LogP contribution in [0.4, 0.5) is 0 Å². The molecule has 3 atom stereocenters. The molecule has 1 N–H and O–H groups in total. The van der Waals surface area contributed by atoms with Crippen LogP contribution in [-0.2, 0) is 29.2 Å². The van der Waals surface area contributed by atoms with Crippen LogP contribution >= 0.6 is 0 Å². The molecule has 2 unspecified atom stereocenters. The molecular formula is C33H39N5O6. The number of hydrogen-bond acceptors (Lipinski definition) is 7. The largest absolute Gasteiger partial charge is 0.496 e. The van der Waals surface area contributed by atoms with Gasteiger partial charge in [-0.15, -0.1) is 5.10 Å². The number of methoxy groups -OCH3 is 1. The number of carboxylic acids is 1. The van der Waals surface area contributed by atoms with Gasteiger partial charge in [-0.1, -0.05) is 36.3 Å². The summed E-state index contributed by atoms with van der Waals surface area (Å²) in [6.07, 6.45) is 4.99. The van der Waals surface area contributed by atoms with Crippen LogP contribution in [0, 0.1) is 11.8 Å². The number of fused-ring (bicyclic) bond motifs is 2. The number of rotatable bonds is 9. The molecule has 44 heavy (non-hydrogen) atoms. The average Bonchev–Trinajstić information content (AvgIpc) is 3.64. The Kier molecular flexibility index (Phi) is 8.29. The summed E-state index contributed by atoms with van der Waals surface area (Å²) >= 11 is 0. The third-order valence-corrected chi connectivity index (χ3v) is 9.24. The summed E-state index contributed by atoms with van der Waals surface area (Å²) < 4.78 is 13.9. The Morgan fingerprint density at radius 1 is 1.07 bits per heavy atom. The van der Waals surface area contributed by atoms with Crippen molar-refractivity contribution in [2.45, 2.75) is 71.2 Å². The number of carbonyl (C=O) groups is 3. The Balaban J connectivity index is 1.38. The SMILES string of the molecule is COc1ccc(OCc2cn(C(C)C)nn2)c2c1CCN(C(=O)C1CCCCC1C(=O)O)[C@@H]2CN1Cc2ccccc2C1=O. The van der Waals surface area contributed by atoms with E-state index in [4.69, 9.17) is 9.47 Å². The smallest absolute Gasteiger partial charge is 0.307 e. The van der Waals surface area contributed by atoms with Gasteiger partial charge in [0.15, 0.2) is 0 Å². The number of amides is 2. The Bertz CT molecular complexity index is 1570. The fourth-order valence-electron chi connectivity index (χ4n) is 6.95. The second-order valence-electron chi connectivity index (χ2n) is 12.2. The third kappa shape index (κ3) is 5.51. The summed E-state index contributed by atoms with van der Waals surface area (Å²) in [5, 5.41) is 18.4. The molecule has 3 aliphatic rings. The van der Waals surface area contributed by atoms with Crippen molar-refractivity contribution in [3.63, 3.8) is 0 Å². The van der Waals surface area contributed by atoms with Gasteiger partial charge in [-0.3, -0.25) is 14.4 Å². The maximum Gasteiger partial charge on any atom is 0.307 e. The molecule has 0 spiro atoms. The molecule has 11 nitrogen and oxygen atoms in total. The number of carbonyl (C=O) groups excluding carboxylic acids is 2. The third-order valence-electron chi connectivity index (χ3n) is 9.24. The van der Waals surface area contributed by atoms with Crippen molar-refractivity contribution >= 4 is 17.8 Å². The molecule has 2 amide bonds. The first-order chi connectivity index (χ1) is 21.3. The normalized spacial score (nSPS) is 21.3. The summed E-state index contributed by atoms with van der Waals surface area (Å²) in [5.74, 6) is -1.26. The zero-order valence-electron chi connectivity index (χ0n) is 25.4. The summed E-state index contributed by atoms with van der Waals surface area (Å²) in [4.78, 5) is 43.7. The van der Waals surface area contributed by atoms with Gasteiger partial charge < -0.3 is 24.4 Å². The molecular weight excluding hydrogens is 562 g/mol. The van der Waals surface area contributed by atoms with E-state index in [2.05, 4.69) is 10.3 Å². The van der Waals surface area contributed by atoms with Crippen molar-refractivity contribution in [1.29, 1.82) is 0 Å². The zero-order chi connectivity index (χ0) is 31.0. The van der Waals surface area contributed by atoms with Crippen LogP contribution in [0.15, 0.2) is 42.6 Å². The molecule has 11 heteroatoms. The first-order valence-electron chi connectivity index (χ1n) is 15.4. The van der Waals surface area contributed by atoms with Crippen LogP contribution in [0.25, 0.3) is 0 Å². The number of carboxylic acid groups (broad SMARTS) is 1. The summed E-state index contributed by atoms with van der Waals surface area (Å²) in [6, 6.07) is 10.9. The predicted octanol–water partition coefficient (Wildman–Crippen LogP) is 4.42. The van der Waals surface area contributed by atoms with Crippen LogP contribution in [0.3, 0.4) is 0 Å². The lowest BCUT2D eigenvalue weighted by molar-refractivity contribution is -0.153. The molecule has 0 bridgehead atoms. The van der Waals surface area contributed by atoms with Crippen molar-refractivity contribution in [2.24, 2.45) is 11.8 Å². The molecule has 6 rings (SSSR count). The van der Waals surface area contributed by atoms with Crippen LogP contribution in [0.5, 0.6) is 11.5 Å². The molecule has 232 valence electrons. The summed E-state index contributed by atoms with van der Waals surface area (Å²) in [6.45, 7) is 5.27. The van der Waals surface area contributed by atoms with Gasteiger partial charge in [0.2, 0.25) is 5.91 Å². The van der Waals surface area contributed by atoms with Crippen molar-refractivity contribution < 1.29 is 29.0 Å². The highest BCUT2D eigenvalue weighted by atomic mass is 16.5. The van der Waals surface area contributed by atoms with Gasteiger partial charge in [-0.2, -0.15) is 0 Å². The lowest BCUT2D eigenvalue weighted by atomic mass is 9.77. The average molecular weight is 602 g/mol. The zero-order valence-corrected chi connectivity index (χ0v) is 25.4. The molecule has 3 heterocycles. The first-order valence-corrected chi connectivity index (χ1v) is 15.4. The van der Waals surface area contributed by atoms with Gasteiger partial charge in [-0.25, -0.2) is 4.68 Å². The second-order valence-corrected chi connectivity index (χ2v) is 12.2. The van der Waals surface area contributed by atoms with Gasteiger partial charge in [0.05, 0.1) is 31.2 Å². The quantitative estimate of drug-likeness (QED) is 0.382. The molecule has 2 aliphatic heterocycles. The van der Waals surface area contributed by atoms with E-state index in [9.17, 15) is 19.5 Å². The maximum absolute atomic E-state index is 14.3. The Morgan fingerprint density at radius 2 is 1.82 bits per heavy atom. The van der Waals surface area contributed by atoms with Gasteiger partial charge >= 0.3 is 5.97 Å². The van der Waals surface area contributed by atoms with Gasteiger partial charge in [0.25, 0.3) is 5.91 Å². The summed E-state index contributed by atoms with van der Waals surface area (Å²) in [5.41, 5.74) is 3.98. The minimum atomic E-state index is -0.928. The molecule has 1 saturated carbocycles. The lowest BCUT2D eigenvalue weighted by Gasteiger charge is -2.43.